The van der Waals surface area contributed by atoms with Crippen LogP contribution in [0, 0.1) is 0 Å². The molecule has 0 aromatic heterocycles. The van der Waals surface area contributed by atoms with Gasteiger partial charge in [0.25, 0.3) is 0 Å². The Labute approximate surface area is 83.7 Å². The Bertz CT molecular complexity index is 319. The van der Waals surface area contributed by atoms with E-state index in [1.807, 2.05) is 37.3 Å². The van der Waals surface area contributed by atoms with Crippen LogP contribution in [0.15, 0.2) is 30.3 Å². The van der Waals surface area contributed by atoms with Gasteiger partial charge in [-0.25, -0.2) is 4.79 Å². The highest BCUT2D eigenvalue weighted by Gasteiger charge is 2.24. The van der Waals surface area contributed by atoms with Crippen molar-refractivity contribution in [3.05, 3.63) is 35.9 Å². The maximum absolute atomic E-state index is 11.4. The Hall–Kier alpha value is -1.51. The average molecular weight is 190 g/mol. The first-order chi connectivity index (χ1) is 6.77. The number of nitrogens with one attached hydrogen (secondary N) is 1. The number of benzene rings is 1. The van der Waals surface area contributed by atoms with Gasteiger partial charge in [0.2, 0.25) is 0 Å². The summed E-state index contributed by atoms with van der Waals surface area (Å²) in [5.41, 5.74) is 1.14. The summed E-state index contributed by atoms with van der Waals surface area (Å²) < 4.78 is 0. The molecule has 1 aromatic carbocycles. The van der Waals surface area contributed by atoms with Crippen molar-refractivity contribution in [3.63, 3.8) is 0 Å². The van der Waals surface area contributed by atoms with E-state index in [1.165, 1.54) is 0 Å². The van der Waals surface area contributed by atoms with Gasteiger partial charge >= 0.3 is 6.03 Å². The molecule has 1 aliphatic rings. The zero-order valence-corrected chi connectivity index (χ0v) is 8.23. The third kappa shape index (κ3) is 2.05. The molecular weight excluding hydrogens is 176 g/mol. The molecular formula is C11H14N2O. The van der Waals surface area contributed by atoms with Gasteiger partial charge < -0.3 is 10.2 Å². The van der Waals surface area contributed by atoms with Crippen molar-refractivity contribution in [3.8, 4) is 0 Å². The van der Waals surface area contributed by atoms with E-state index >= 15 is 0 Å². The second kappa shape index (κ2) is 3.70. The summed E-state index contributed by atoms with van der Waals surface area (Å²) in [6, 6.07) is 10.1. The van der Waals surface area contributed by atoms with Crippen molar-refractivity contribution in [1.82, 2.24) is 10.2 Å². The van der Waals surface area contributed by atoms with E-state index in [4.69, 9.17) is 0 Å². The third-order valence-corrected chi connectivity index (χ3v) is 2.37. The molecule has 1 aliphatic heterocycles. The Morgan fingerprint density at radius 2 is 2.00 bits per heavy atom. The summed E-state index contributed by atoms with van der Waals surface area (Å²) in [5.74, 6) is 0. The van der Waals surface area contributed by atoms with Gasteiger partial charge in [0.1, 0.15) is 0 Å². The van der Waals surface area contributed by atoms with Gasteiger partial charge in [-0.15, -0.1) is 0 Å². The SMILES string of the molecule is CC(NC(=O)N1CC1)c1ccccc1. The van der Waals surface area contributed by atoms with Gasteiger partial charge in [0, 0.05) is 13.1 Å². The molecule has 2 amide bonds. The minimum absolute atomic E-state index is 0.0429. The van der Waals surface area contributed by atoms with Crippen LogP contribution in [0.4, 0.5) is 4.79 Å². The van der Waals surface area contributed by atoms with Gasteiger partial charge in [-0.1, -0.05) is 30.3 Å². The molecule has 0 aliphatic carbocycles. The first kappa shape index (κ1) is 9.06. The molecule has 1 aromatic rings. The second-order valence-corrected chi connectivity index (χ2v) is 3.57. The molecule has 0 saturated carbocycles. The number of hydrogen-bond acceptors (Lipinski definition) is 1. The number of urea groups is 1. The van der Waals surface area contributed by atoms with E-state index in [9.17, 15) is 4.79 Å². The lowest BCUT2D eigenvalue weighted by Gasteiger charge is -2.14. The highest BCUT2D eigenvalue weighted by molar-refractivity contribution is 5.76. The molecule has 3 heteroatoms. The van der Waals surface area contributed by atoms with E-state index in [1.54, 1.807) is 4.90 Å². The number of amides is 2. The predicted octanol–water partition coefficient (Wildman–Crippen LogP) is 1.77. The van der Waals surface area contributed by atoms with Crippen molar-refractivity contribution >= 4 is 6.03 Å². The summed E-state index contributed by atoms with van der Waals surface area (Å²) in [5, 5.41) is 2.95. The minimum atomic E-state index is 0.0429. The normalized spacial score (nSPS) is 16.2. The van der Waals surface area contributed by atoms with Gasteiger partial charge in [-0.05, 0) is 12.5 Å². The zero-order valence-electron chi connectivity index (χ0n) is 8.23. The van der Waals surface area contributed by atoms with E-state index in [2.05, 4.69) is 5.32 Å². The highest BCUT2D eigenvalue weighted by Crippen LogP contribution is 2.13. The smallest absolute Gasteiger partial charge is 0.317 e. The third-order valence-electron chi connectivity index (χ3n) is 2.37. The number of nitrogens with zero attached hydrogens (tertiary/aromatic N) is 1. The van der Waals surface area contributed by atoms with Crippen molar-refractivity contribution in [2.24, 2.45) is 0 Å². The molecule has 2 rings (SSSR count). The number of rotatable bonds is 2. The molecule has 14 heavy (non-hydrogen) atoms. The van der Waals surface area contributed by atoms with Crippen molar-refractivity contribution in [2.75, 3.05) is 13.1 Å². The maximum atomic E-state index is 11.4. The fourth-order valence-electron chi connectivity index (χ4n) is 1.35. The predicted molar refractivity (Wildman–Crippen MR) is 55.0 cm³/mol. The van der Waals surface area contributed by atoms with E-state index in [0.717, 1.165) is 18.7 Å². The quantitative estimate of drug-likeness (QED) is 0.708. The van der Waals surface area contributed by atoms with Crippen molar-refractivity contribution in [2.45, 2.75) is 13.0 Å². The van der Waals surface area contributed by atoms with Gasteiger partial charge in [0.15, 0.2) is 0 Å². The lowest BCUT2D eigenvalue weighted by Crippen LogP contribution is -2.30. The van der Waals surface area contributed by atoms with Crippen LogP contribution in [0.2, 0.25) is 0 Å². The summed E-state index contributed by atoms with van der Waals surface area (Å²) in [7, 11) is 0. The zero-order chi connectivity index (χ0) is 9.97. The molecule has 3 nitrogen and oxygen atoms in total. The van der Waals surface area contributed by atoms with Crippen LogP contribution >= 0.6 is 0 Å². The average Bonchev–Trinajstić information content (AvgIpc) is 3.02. The monoisotopic (exact) mass is 190 g/mol. The standard InChI is InChI=1S/C11H14N2O/c1-9(10-5-3-2-4-6-10)12-11(14)13-7-8-13/h2-6,9H,7-8H2,1H3,(H,12,14). The fourth-order valence-corrected chi connectivity index (χ4v) is 1.35. The van der Waals surface area contributed by atoms with Crippen LogP contribution in [0.3, 0.4) is 0 Å². The molecule has 1 saturated heterocycles. The molecule has 74 valence electrons. The van der Waals surface area contributed by atoms with E-state index < -0.39 is 0 Å². The Morgan fingerprint density at radius 3 is 2.57 bits per heavy atom. The Kier molecular flexibility index (Phi) is 2.39. The van der Waals surface area contributed by atoms with Crippen molar-refractivity contribution in [1.29, 1.82) is 0 Å². The summed E-state index contributed by atoms with van der Waals surface area (Å²) in [4.78, 5) is 13.2. The maximum Gasteiger partial charge on any atom is 0.317 e. The molecule has 1 atom stereocenters. The van der Waals surface area contributed by atoms with Gasteiger partial charge in [0.05, 0.1) is 6.04 Å². The summed E-state index contributed by atoms with van der Waals surface area (Å²) in [6.45, 7) is 3.79. The Balaban J connectivity index is 1.95. The Morgan fingerprint density at radius 1 is 1.36 bits per heavy atom. The van der Waals surface area contributed by atoms with E-state index in [-0.39, 0.29) is 12.1 Å². The van der Waals surface area contributed by atoms with Crippen LogP contribution in [-0.4, -0.2) is 24.0 Å². The molecule has 0 bridgehead atoms. The molecule has 1 fully saturated rings. The number of carbonyl (C=O) groups is 1. The second-order valence-electron chi connectivity index (χ2n) is 3.57. The van der Waals surface area contributed by atoms with Gasteiger partial charge in [-0.3, -0.25) is 0 Å². The fraction of sp³-hybridized carbons (Fsp3) is 0.364. The van der Waals surface area contributed by atoms with Crippen LogP contribution in [0.25, 0.3) is 0 Å². The largest absolute Gasteiger partial charge is 0.331 e. The number of carbonyl (C=O) groups excluding carboxylic acids is 1. The van der Waals surface area contributed by atoms with Crippen molar-refractivity contribution < 1.29 is 4.79 Å². The number of hydrogen-bond donors (Lipinski definition) is 1. The van der Waals surface area contributed by atoms with E-state index in [0.29, 0.717) is 0 Å². The molecule has 0 spiro atoms. The lowest BCUT2D eigenvalue weighted by atomic mass is 10.1. The first-order valence-corrected chi connectivity index (χ1v) is 4.88. The molecule has 1 unspecified atom stereocenters. The first-order valence-electron chi connectivity index (χ1n) is 4.88. The highest BCUT2D eigenvalue weighted by atomic mass is 16.2. The van der Waals surface area contributed by atoms with Crippen LogP contribution in [0.5, 0.6) is 0 Å². The summed E-state index contributed by atoms with van der Waals surface area (Å²) >= 11 is 0. The van der Waals surface area contributed by atoms with Crippen LogP contribution < -0.4 is 5.32 Å². The topological polar surface area (TPSA) is 32.1 Å². The van der Waals surface area contributed by atoms with Gasteiger partial charge in [-0.2, -0.15) is 0 Å². The molecule has 1 N–H and O–H groups in total. The van der Waals surface area contributed by atoms with Crippen LogP contribution in [-0.2, 0) is 0 Å². The lowest BCUT2D eigenvalue weighted by molar-refractivity contribution is 0.226. The summed E-state index contributed by atoms with van der Waals surface area (Å²) in [6.07, 6.45) is 0. The van der Waals surface area contributed by atoms with Crippen LogP contribution in [0.1, 0.15) is 18.5 Å². The molecule has 0 radical (unpaired) electrons. The minimum Gasteiger partial charge on any atom is -0.331 e. The molecule has 1 heterocycles.